The summed E-state index contributed by atoms with van der Waals surface area (Å²) in [6.07, 6.45) is 2.64. The number of carbonyl (C=O) groups excluding carboxylic acids is 1. The number of rotatable bonds is 3. The summed E-state index contributed by atoms with van der Waals surface area (Å²) in [5.74, 6) is -0.364. The molecule has 96 valence electrons. The lowest BCUT2D eigenvalue weighted by atomic mass is 10.0. The summed E-state index contributed by atoms with van der Waals surface area (Å²) in [5, 5.41) is 9.02. The van der Waals surface area contributed by atoms with Gasteiger partial charge in [0.15, 0.2) is 0 Å². The predicted molar refractivity (Wildman–Crippen MR) is 69.1 cm³/mol. The van der Waals surface area contributed by atoms with Crippen molar-refractivity contribution in [2.24, 2.45) is 0 Å². The minimum Gasteiger partial charge on any atom is -0.508 e. The number of phenolic OH excluding ortho intramolecular Hbond substituents is 1. The van der Waals surface area contributed by atoms with Crippen LogP contribution < -0.4 is 0 Å². The van der Waals surface area contributed by atoms with Crippen molar-refractivity contribution in [3.63, 3.8) is 0 Å². The molecular formula is C14H22O3. The zero-order valence-electron chi connectivity index (χ0n) is 11.1. The van der Waals surface area contributed by atoms with Crippen LogP contribution in [0.4, 0.5) is 0 Å². The van der Waals surface area contributed by atoms with E-state index in [2.05, 4.69) is 18.6 Å². The van der Waals surface area contributed by atoms with Crippen LogP contribution in [0.25, 0.3) is 0 Å². The first-order chi connectivity index (χ1) is 8.06. The van der Waals surface area contributed by atoms with Crippen molar-refractivity contribution in [3.8, 4) is 5.75 Å². The number of ether oxygens (including phenoxy) is 1. The maximum atomic E-state index is 11.1. The van der Waals surface area contributed by atoms with E-state index in [0.29, 0.717) is 0 Å². The van der Waals surface area contributed by atoms with Gasteiger partial charge in [-0.2, -0.15) is 0 Å². The number of carbonyl (C=O) groups is 1. The first kappa shape index (κ1) is 15.5. The van der Waals surface area contributed by atoms with Gasteiger partial charge in [0.2, 0.25) is 0 Å². The van der Waals surface area contributed by atoms with Crippen LogP contribution in [0.15, 0.2) is 24.3 Å². The molecule has 0 radical (unpaired) electrons. The molecule has 0 aliphatic heterocycles. The molecule has 0 heterocycles. The van der Waals surface area contributed by atoms with Gasteiger partial charge in [0, 0.05) is 0 Å². The van der Waals surface area contributed by atoms with E-state index in [0.717, 1.165) is 5.56 Å². The summed E-state index contributed by atoms with van der Waals surface area (Å²) in [4.78, 5) is 11.1. The number of unbranched alkanes of at least 4 members (excludes halogenated alkanes) is 1. The smallest absolute Gasteiger partial charge is 0.312 e. The maximum absolute atomic E-state index is 11.1. The highest BCUT2D eigenvalue weighted by molar-refractivity contribution is 5.77. The number of methoxy groups -OCH3 is 1. The second-order valence-corrected chi connectivity index (χ2v) is 3.84. The minimum atomic E-state index is -0.286. The number of hydrogen-bond donors (Lipinski definition) is 1. The molecule has 0 saturated heterocycles. The average Bonchev–Trinajstić information content (AvgIpc) is 2.38. The number of esters is 1. The van der Waals surface area contributed by atoms with Crippen molar-refractivity contribution in [2.45, 2.75) is 39.5 Å². The van der Waals surface area contributed by atoms with Crippen molar-refractivity contribution in [2.75, 3.05) is 7.11 Å². The predicted octanol–water partition coefficient (Wildman–Crippen LogP) is 3.48. The van der Waals surface area contributed by atoms with Gasteiger partial charge in [0.05, 0.1) is 13.0 Å². The van der Waals surface area contributed by atoms with Crippen molar-refractivity contribution in [3.05, 3.63) is 29.8 Å². The fourth-order valence-corrected chi connectivity index (χ4v) is 1.08. The largest absolute Gasteiger partial charge is 0.508 e. The Kier molecular flexibility index (Phi) is 7.85. The summed E-state index contributed by atoms with van der Waals surface area (Å²) in [6.45, 7) is 6.12. The van der Waals surface area contributed by atoms with Crippen LogP contribution in [-0.4, -0.2) is 18.2 Å². The third-order valence-corrected chi connectivity index (χ3v) is 2.45. The molecule has 0 fully saturated rings. The van der Waals surface area contributed by atoms with Crippen LogP contribution in [-0.2, 0) is 9.53 Å². The van der Waals surface area contributed by atoms with E-state index in [1.807, 2.05) is 0 Å². The summed E-state index contributed by atoms with van der Waals surface area (Å²) in [6, 6.07) is 6.51. The summed E-state index contributed by atoms with van der Waals surface area (Å²) in [7, 11) is 1.36. The molecule has 0 amide bonds. The van der Waals surface area contributed by atoms with Gasteiger partial charge in [-0.25, -0.2) is 0 Å². The Hall–Kier alpha value is -1.51. The van der Waals surface area contributed by atoms with Gasteiger partial charge in [0.1, 0.15) is 5.75 Å². The highest BCUT2D eigenvalue weighted by Gasteiger charge is 2.14. The van der Waals surface area contributed by atoms with Crippen molar-refractivity contribution in [1.29, 1.82) is 0 Å². The first-order valence-corrected chi connectivity index (χ1v) is 5.93. The second-order valence-electron chi connectivity index (χ2n) is 3.84. The molecule has 1 unspecified atom stereocenters. The van der Waals surface area contributed by atoms with E-state index in [4.69, 9.17) is 5.11 Å². The molecular weight excluding hydrogens is 216 g/mol. The standard InChI is InChI=1S/C10H12O3.C4H10/c1-7(10(12)13-2)8-3-5-9(11)6-4-8;1-3-4-2/h3-7,11H,1-2H3;3-4H2,1-2H3. The van der Waals surface area contributed by atoms with Crippen LogP contribution >= 0.6 is 0 Å². The van der Waals surface area contributed by atoms with Gasteiger partial charge in [-0.05, 0) is 24.6 Å². The van der Waals surface area contributed by atoms with Crippen molar-refractivity contribution in [1.82, 2.24) is 0 Å². The van der Waals surface area contributed by atoms with Crippen LogP contribution in [0, 0.1) is 0 Å². The molecule has 3 heteroatoms. The summed E-state index contributed by atoms with van der Waals surface area (Å²) in [5.41, 5.74) is 0.838. The Morgan fingerprint density at radius 2 is 1.71 bits per heavy atom. The zero-order chi connectivity index (χ0) is 13.3. The van der Waals surface area contributed by atoms with Crippen LogP contribution in [0.5, 0.6) is 5.75 Å². The molecule has 1 atom stereocenters. The van der Waals surface area contributed by atoms with Crippen molar-refractivity contribution < 1.29 is 14.6 Å². The number of phenols is 1. The Bertz CT molecular complexity index is 315. The normalized spacial score (nSPS) is 11.1. The Labute approximate surface area is 103 Å². The molecule has 1 aromatic carbocycles. The van der Waals surface area contributed by atoms with Crippen LogP contribution in [0.2, 0.25) is 0 Å². The van der Waals surface area contributed by atoms with Crippen LogP contribution in [0.3, 0.4) is 0 Å². The molecule has 1 rings (SSSR count). The quantitative estimate of drug-likeness (QED) is 0.820. The Morgan fingerprint density at radius 1 is 1.24 bits per heavy atom. The highest BCUT2D eigenvalue weighted by Crippen LogP contribution is 2.19. The molecule has 0 aliphatic carbocycles. The molecule has 0 aliphatic rings. The third-order valence-electron chi connectivity index (χ3n) is 2.45. The van der Waals surface area contributed by atoms with Gasteiger partial charge in [-0.1, -0.05) is 38.8 Å². The lowest BCUT2D eigenvalue weighted by Gasteiger charge is -2.08. The van der Waals surface area contributed by atoms with Gasteiger partial charge in [0.25, 0.3) is 0 Å². The van der Waals surface area contributed by atoms with Gasteiger partial charge >= 0.3 is 5.97 Å². The fraction of sp³-hybridized carbons (Fsp3) is 0.500. The number of benzene rings is 1. The van der Waals surface area contributed by atoms with Crippen LogP contribution in [0.1, 0.15) is 45.1 Å². The summed E-state index contributed by atoms with van der Waals surface area (Å²) >= 11 is 0. The molecule has 3 nitrogen and oxygen atoms in total. The lowest BCUT2D eigenvalue weighted by Crippen LogP contribution is -2.10. The zero-order valence-corrected chi connectivity index (χ0v) is 11.1. The van der Waals surface area contributed by atoms with E-state index in [9.17, 15) is 4.79 Å². The monoisotopic (exact) mass is 238 g/mol. The fourth-order valence-electron chi connectivity index (χ4n) is 1.08. The average molecular weight is 238 g/mol. The van der Waals surface area contributed by atoms with Crippen molar-refractivity contribution >= 4 is 5.97 Å². The molecule has 0 spiro atoms. The summed E-state index contributed by atoms with van der Waals surface area (Å²) < 4.78 is 4.60. The first-order valence-electron chi connectivity index (χ1n) is 5.93. The van der Waals surface area contributed by atoms with E-state index in [1.165, 1.54) is 20.0 Å². The van der Waals surface area contributed by atoms with E-state index < -0.39 is 0 Å². The molecule has 1 aromatic rings. The van der Waals surface area contributed by atoms with Gasteiger partial charge < -0.3 is 9.84 Å². The second kappa shape index (κ2) is 8.62. The molecule has 1 N–H and O–H groups in total. The Morgan fingerprint density at radius 3 is 2.06 bits per heavy atom. The van der Waals surface area contributed by atoms with Gasteiger partial charge in [-0.3, -0.25) is 4.79 Å². The SMILES string of the molecule is CCCC.COC(=O)C(C)c1ccc(O)cc1. The lowest BCUT2D eigenvalue weighted by molar-refractivity contribution is -0.141. The molecule has 0 bridgehead atoms. The molecule has 17 heavy (non-hydrogen) atoms. The van der Waals surface area contributed by atoms with Gasteiger partial charge in [-0.15, -0.1) is 0 Å². The van der Waals surface area contributed by atoms with E-state index in [1.54, 1.807) is 31.2 Å². The topological polar surface area (TPSA) is 46.5 Å². The minimum absolute atomic E-state index is 0.195. The molecule has 0 aromatic heterocycles. The highest BCUT2D eigenvalue weighted by atomic mass is 16.5. The number of aromatic hydroxyl groups is 1. The maximum Gasteiger partial charge on any atom is 0.312 e. The Balaban J connectivity index is 0.000000557. The van der Waals surface area contributed by atoms with E-state index >= 15 is 0 Å². The van der Waals surface area contributed by atoms with E-state index in [-0.39, 0.29) is 17.6 Å². The number of hydrogen-bond acceptors (Lipinski definition) is 3. The molecule has 0 saturated carbocycles. The third kappa shape index (κ3) is 5.95.